The van der Waals surface area contributed by atoms with E-state index in [2.05, 4.69) is 42.9 Å². The summed E-state index contributed by atoms with van der Waals surface area (Å²) in [6, 6.07) is 6.14. The zero-order valence-electron chi connectivity index (χ0n) is 17.1. The molecule has 0 spiro atoms. The molecule has 0 aliphatic heterocycles. The highest BCUT2D eigenvalue weighted by molar-refractivity contribution is 7.22. The van der Waals surface area contributed by atoms with E-state index in [-0.39, 0.29) is 18.3 Å². The molecule has 2 aromatic heterocycles. The number of hydrogen-bond donors (Lipinski definition) is 0. The Morgan fingerprint density at radius 1 is 1.14 bits per heavy atom. The van der Waals surface area contributed by atoms with Gasteiger partial charge in [0, 0.05) is 31.9 Å². The molecule has 0 aliphatic carbocycles. The van der Waals surface area contributed by atoms with Crippen LogP contribution in [0.5, 0.6) is 0 Å². The quantitative estimate of drug-likeness (QED) is 0.577. The summed E-state index contributed by atoms with van der Waals surface area (Å²) in [4.78, 5) is 22.2. The van der Waals surface area contributed by atoms with Crippen molar-refractivity contribution in [2.45, 2.75) is 27.7 Å². The van der Waals surface area contributed by atoms with Gasteiger partial charge in [-0.3, -0.25) is 14.4 Å². The highest BCUT2D eigenvalue weighted by atomic mass is 35.5. The topological polar surface area (TPSA) is 54.3 Å². The van der Waals surface area contributed by atoms with Crippen molar-refractivity contribution in [3.8, 4) is 0 Å². The molecule has 2 heterocycles. The van der Waals surface area contributed by atoms with Crippen molar-refractivity contribution in [2.75, 3.05) is 31.1 Å². The average Bonchev–Trinajstić information content (AvgIpc) is 3.22. The fraction of sp³-hybridized carbons (Fsp3) is 0.450. The molecule has 8 heteroatoms. The van der Waals surface area contributed by atoms with E-state index >= 15 is 0 Å². The molecule has 0 radical (unpaired) electrons. The fourth-order valence-corrected chi connectivity index (χ4v) is 4.27. The van der Waals surface area contributed by atoms with Crippen LogP contribution in [-0.4, -0.2) is 51.8 Å². The standard InChI is InChI=1S/C20H27N5OS.ClH/c1-6-24(7-2)11-12-25(19(26)18-15(4)13-23(5)22-18)20-21-17-14(3)9-8-10-16(17)27-20;/h8-10,13H,6-7,11-12H2,1-5H3;1H. The Morgan fingerprint density at radius 2 is 1.86 bits per heavy atom. The predicted molar refractivity (Wildman–Crippen MR) is 119 cm³/mol. The summed E-state index contributed by atoms with van der Waals surface area (Å²) in [7, 11) is 1.84. The summed E-state index contributed by atoms with van der Waals surface area (Å²) in [5.41, 5.74) is 3.47. The van der Waals surface area contributed by atoms with Crippen molar-refractivity contribution in [3.05, 3.63) is 41.2 Å². The first-order chi connectivity index (χ1) is 12.9. The van der Waals surface area contributed by atoms with Gasteiger partial charge in [-0.1, -0.05) is 37.3 Å². The molecule has 3 aromatic rings. The third-order valence-corrected chi connectivity index (χ3v) is 5.88. The minimum absolute atomic E-state index is 0. The molecule has 0 saturated carbocycles. The Balaban J connectivity index is 0.00000280. The van der Waals surface area contributed by atoms with Crippen molar-refractivity contribution >= 4 is 45.0 Å². The van der Waals surface area contributed by atoms with Crippen LogP contribution in [0.4, 0.5) is 5.13 Å². The van der Waals surface area contributed by atoms with Crippen molar-refractivity contribution < 1.29 is 4.79 Å². The molecule has 0 bridgehead atoms. The lowest BCUT2D eigenvalue weighted by Gasteiger charge is -2.24. The van der Waals surface area contributed by atoms with E-state index in [1.54, 1.807) is 20.9 Å². The third-order valence-electron chi connectivity index (χ3n) is 4.83. The molecule has 0 saturated heterocycles. The summed E-state index contributed by atoms with van der Waals surface area (Å²) in [6.07, 6.45) is 1.87. The fourth-order valence-electron chi connectivity index (χ4n) is 3.20. The number of benzene rings is 1. The number of rotatable bonds is 7. The van der Waals surface area contributed by atoms with Crippen LogP contribution in [0.3, 0.4) is 0 Å². The van der Waals surface area contributed by atoms with Crippen LogP contribution < -0.4 is 4.90 Å². The van der Waals surface area contributed by atoms with Crippen LogP contribution in [0.2, 0.25) is 0 Å². The van der Waals surface area contributed by atoms with E-state index in [1.807, 2.05) is 26.2 Å². The molecular formula is C20H28ClN5OS. The minimum Gasteiger partial charge on any atom is -0.302 e. The summed E-state index contributed by atoms with van der Waals surface area (Å²) in [5, 5.41) is 5.12. The number of anilines is 1. The number of halogens is 1. The minimum atomic E-state index is -0.0861. The summed E-state index contributed by atoms with van der Waals surface area (Å²) in [5.74, 6) is -0.0861. The summed E-state index contributed by atoms with van der Waals surface area (Å²) >= 11 is 1.56. The van der Waals surface area contributed by atoms with E-state index in [4.69, 9.17) is 4.98 Å². The Hall–Kier alpha value is -1.96. The van der Waals surface area contributed by atoms with Crippen LogP contribution >= 0.6 is 23.7 Å². The van der Waals surface area contributed by atoms with Gasteiger partial charge in [-0.25, -0.2) is 4.98 Å². The van der Waals surface area contributed by atoms with Crippen LogP contribution in [0.15, 0.2) is 24.4 Å². The molecular weight excluding hydrogens is 394 g/mol. The summed E-state index contributed by atoms with van der Waals surface area (Å²) in [6.45, 7) is 11.6. The molecule has 28 heavy (non-hydrogen) atoms. The van der Waals surface area contributed by atoms with E-state index in [0.29, 0.717) is 12.2 Å². The SMILES string of the molecule is CCN(CC)CCN(C(=O)c1nn(C)cc1C)c1nc2c(C)cccc2s1.Cl. The highest BCUT2D eigenvalue weighted by Gasteiger charge is 2.25. The molecule has 0 atom stereocenters. The Bertz CT molecular complexity index is 947. The van der Waals surface area contributed by atoms with Gasteiger partial charge < -0.3 is 4.90 Å². The lowest BCUT2D eigenvalue weighted by Crippen LogP contribution is -2.39. The molecule has 1 aromatic carbocycles. The number of likely N-dealkylation sites (N-methyl/N-ethyl adjacent to an activating group) is 1. The first-order valence-corrected chi connectivity index (χ1v) is 10.2. The Kier molecular flexibility index (Phi) is 7.57. The molecule has 6 nitrogen and oxygen atoms in total. The van der Waals surface area contributed by atoms with E-state index in [9.17, 15) is 4.79 Å². The molecule has 0 unspecified atom stereocenters. The molecule has 0 N–H and O–H groups in total. The monoisotopic (exact) mass is 421 g/mol. The van der Waals surface area contributed by atoms with E-state index in [1.165, 1.54) is 0 Å². The molecule has 0 aliphatic rings. The van der Waals surface area contributed by atoms with Gasteiger partial charge in [-0.15, -0.1) is 12.4 Å². The number of para-hydroxylation sites is 1. The number of aromatic nitrogens is 3. The lowest BCUT2D eigenvalue weighted by molar-refractivity contribution is 0.0977. The van der Waals surface area contributed by atoms with Gasteiger partial charge in [0.2, 0.25) is 0 Å². The van der Waals surface area contributed by atoms with Gasteiger partial charge >= 0.3 is 0 Å². The normalized spacial score (nSPS) is 11.1. The highest BCUT2D eigenvalue weighted by Crippen LogP contribution is 2.31. The first-order valence-electron chi connectivity index (χ1n) is 9.35. The molecule has 152 valence electrons. The Morgan fingerprint density at radius 3 is 2.43 bits per heavy atom. The number of hydrogen-bond acceptors (Lipinski definition) is 5. The van der Waals surface area contributed by atoms with Gasteiger partial charge in [0.1, 0.15) is 0 Å². The largest absolute Gasteiger partial charge is 0.302 e. The van der Waals surface area contributed by atoms with Gasteiger partial charge in [-0.2, -0.15) is 5.10 Å². The second kappa shape index (κ2) is 9.49. The van der Waals surface area contributed by atoms with Gasteiger partial charge in [0.25, 0.3) is 5.91 Å². The number of amides is 1. The second-order valence-electron chi connectivity index (χ2n) is 6.74. The molecule has 0 fully saturated rings. The first kappa shape index (κ1) is 22.3. The van der Waals surface area contributed by atoms with Crippen LogP contribution in [0.25, 0.3) is 10.2 Å². The van der Waals surface area contributed by atoms with Crippen molar-refractivity contribution in [3.63, 3.8) is 0 Å². The van der Waals surface area contributed by atoms with E-state index < -0.39 is 0 Å². The number of nitrogens with zero attached hydrogens (tertiary/aromatic N) is 5. The zero-order chi connectivity index (χ0) is 19.6. The van der Waals surface area contributed by atoms with Crippen molar-refractivity contribution in [2.24, 2.45) is 7.05 Å². The van der Waals surface area contributed by atoms with Crippen molar-refractivity contribution in [1.82, 2.24) is 19.7 Å². The number of carbonyl (C=O) groups excluding carboxylic acids is 1. The van der Waals surface area contributed by atoms with E-state index in [0.717, 1.165) is 46.1 Å². The lowest BCUT2D eigenvalue weighted by atomic mass is 10.2. The maximum atomic E-state index is 13.3. The zero-order valence-corrected chi connectivity index (χ0v) is 18.7. The molecule has 1 amide bonds. The average molecular weight is 422 g/mol. The predicted octanol–water partition coefficient (Wildman–Crippen LogP) is 4.06. The van der Waals surface area contributed by atoms with Crippen molar-refractivity contribution in [1.29, 1.82) is 0 Å². The van der Waals surface area contributed by atoms with Crippen LogP contribution in [0, 0.1) is 13.8 Å². The van der Waals surface area contributed by atoms with Crippen LogP contribution in [-0.2, 0) is 7.05 Å². The number of thiazole rings is 1. The number of fused-ring (bicyclic) bond motifs is 1. The molecule has 3 rings (SSSR count). The Labute approximate surface area is 176 Å². The van der Waals surface area contributed by atoms with Gasteiger partial charge in [-0.05, 0) is 38.6 Å². The maximum absolute atomic E-state index is 13.3. The third kappa shape index (κ3) is 4.54. The second-order valence-corrected chi connectivity index (χ2v) is 7.75. The number of carbonyl (C=O) groups is 1. The van der Waals surface area contributed by atoms with Gasteiger partial charge in [0.05, 0.1) is 10.2 Å². The summed E-state index contributed by atoms with van der Waals surface area (Å²) < 4.78 is 2.79. The van der Waals surface area contributed by atoms with Gasteiger partial charge in [0.15, 0.2) is 10.8 Å². The maximum Gasteiger partial charge on any atom is 0.280 e. The smallest absolute Gasteiger partial charge is 0.280 e. The number of aryl methyl sites for hydroxylation is 3. The van der Waals surface area contributed by atoms with Crippen LogP contribution in [0.1, 0.15) is 35.5 Å².